The molecule has 3 N–H and O–H groups in total. The van der Waals surface area contributed by atoms with E-state index in [2.05, 4.69) is 17.3 Å². The highest BCUT2D eigenvalue weighted by Gasteiger charge is 2.36. The lowest BCUT2D eigenvalue weighted by molar-refractivity contribution is -0.142. The first-order valence-corrected chi connectivity index (χ1v) is 18.0. The van der Waals surface area contributed by atoms with Gasteiger partial charge in [0.15, 0.2) is 6.10 Å². The number of hydrogen-bond acceptors (Lipinski definition) is 7. The molecule has 11 nitrogen and oxygen atoms in total. The number of nitrogens with zero attached hydrogens (tertiary/aromatic N) is 4. The molecule has 3 heterocycles. The smallest absolute Gasteiger partial charge is 0.410 e. The van der Waals surface area contributed by atoms with E-state index in [9.17, 15) is 24.6 Å². The molecule has 0 radical (unpaired) electrons. The van der Waals surface area contributed by atoms with Gasteiger partial charge < -0.3 is 39.9 Å². The number of aromatic hydroxyl groups is 1. The Kier molecular flexibility index (Phi) is 11.8. The second-order valence-corrected chi connectivity index (χ2v) is 14.5. The van der Waals surface area contributed by atoms with Gasteiger partial charge in [-0.3, -0.25) is 4.79 Å². The van der Waals surface area contributed by atoms with Crippen LogP contribution >= 0.6 is 0 Å². The summed E-state index contributed by atoms with van der Waals surface area (Å²) in [5.41, 5.74) is 3.52. The van der Waals surface area contributed by atoms with Gasteiger partial charge in [0, 0.05) is 63.5 Å². The van der Waals surface area contributed by atoms with Crippen molar-refractivity contribution in [1.82, 2.24) is 19.6 Å². The van der Waals surface area contributed by atoms with Crippen LogP contribution in [0.25, 0.3) is 0 Å². The van der Waals surface area contributed by atoms with Gasteiger partial charge in [0.05, 0.1) is 5.60 Å². The number of phenols is 1. The zero-order chi connectivity index (χ0) is 35.3. The van der Waals surface area contributed by atoms with Gasteiger partial charge in [-0.1, -0.05) is 37.3 Å². The molecule has 0 saturated carbocycles. The van der Waals surface area contributed by atoms with Gasteiger partial charge in [-0.15, -0.1) is 0 Å². The van der Waals surface area contributed by atoms with Crippen LogP contribution in [0.2, 0.25) is 0 Å². The van der Waals surface area contributed by atoms with Crippen molar-refractivity contribution in [3.63, 3.8) is 0 Å². The molecule has 268 valence electrons. The molecule has 2 aromatic rings. The lowest BCUT2D eigenvalue weighted by Crippen LogP contribution is -2.52. The summed E-state index contributed by atoms with van der Waals surface area (Å²) in [6.45, 7) is 10.9. The van der Waals surface area contributed by atoms with Crippen LogP contribution in [0, 0.1) is 13.8 Å². The van der Waals surface area contributed by atoms with E-state index in [0.29, 0.717) is 75.6 Å². The fourth-order valence-electron chi connectivity index (χ4n) is 7.36. The summed E-state index contributed by atoms with van der Waals surface area (Å²) in [6.07, 6.45) is 3.72. The number of urea groups is 1. The largest absolute Gasteiger partial charge is 0.507 e. The van der Waals surface area contributed by atoms with Crippen LogP contribution in [0.3, 0.4) is 0 Å². The maximum absolute atomic E-state index is 14.0. The maximum atomic E-state index is 14.0. The van der Waals surface area contributed by atoms with E-state index in [1.54, 1.807) is 4.90 Å². The van der Waals surface area contributed by atoms with E-state index >= 15 is 0 Å². The number of fused-ring (bicyclic) bond motifs is 1. The number of piperidine rings is 2. The van der Waals surface area contributed by atoms with Gasteiger partial charge >= 0.3 is 12.1 Å². The number of para-hydroxylation sites is 1. The Morgan fingerprint density at radius 3 is 2.31 bits per heavy atom. The fraction of sp³-hybridized carbons (Fsp3) is 0.605. The average molecular weight is 678 g/mol. The van der Waals surface area contributed by atoms with E-state index in [0.717, 1.165) is 42.6 Å². The van der Waals surface area contributed by atoms with Crippen molar-refractivity contribution in [2.45, 2.75) is 103 Å². The van der Waals surface area contributed by atoms with Crippen molar-refractivity contribution in [3.05, 3.63) is 58.7 Å². The van der Waals surface area contributed by atoms with E-state index in [4.69, 9.17) is 4.74 Å². The second kappa shape index (κ2) is 15.8. The molecule has 5 rings (SSSR count). The average Bonchev–Trinajstić information content (AvgIpc) is 3.27. The lowest BCUT2D eigenvalue weighted by Gasteiger charge is -2.39. The van der Waals surface area contributed by atoms with Gasteiger partial charge in [-0.25, -0.2) is 9.59 Å². The predicted molar refractivity (Wildman–Crippen MR) is 190 cm³/mol. The van der Waals surface area contributed by atoms with Crippen LogP contribution in [0.4, 0.5) is 15.3 Å². The molecule has 4 amide bonds. The molecule has 1 unspecified atom stereocenters. The molecule has 3 aliphatic rings. The Labute approximate surface area is 291 Å². The van der Waals surface area contributed by atoms with E-state index in [1.165, 1.54) is 0 Å². The number of ether oxygens (including phenoxy) is 1. The minimum absolute atomic E-state index is 0.00580. The second-order valence-electron chi connectivity index (χ2n) is 14.5. The van der Waals surface area contributed by atoms with Gasteiger partial charge in [0.2, 0.25) is 0 Å². The third-order valence-corrected chi connectivity index (χ3v) is 11.0. The number of nitrogens with one attached hydrogen (secondary N) is 1. The predicted octanol–water partition coefficient (Wildman–Crippen LogP) is 5.09. The molecular weight excluding hydrogens is 622 g/mol. The normalized spacial score (nSPS) is 19.6. The number of phenolic OH excluding ortho intramolecular Hbond substituents is 1. The number of carbonyl (C=O) groups excluding carboxylic acids is 3. The highest BCUT2D eigenvalue weighted by atomic mass is 16.6. The summed E-state index contributed by atoms with van der Waals surface area (Å²) >= 11 is 0. The van der Waals surface area contributed by atoms with Crippen LogP contribution in [-0.2, 0) is 22.4 Å². The van der Waals surface area contributed by atoms with Gasteiger partial charge in [-0.2, -0.15) is 0 Å². The number of amides is 4. The number of hydrogen-bond donors (Lipinski definition) is 3. The maximum Gasteiger partial charge on any atom is 0.410 e. The molecular formula is C38H55N5O6. The van der Waals surface area contributed by atoms with E-state index in [1.807, 2.05) is 73.9 Å². The fourth-order valence-corrected chi connectivity index (χ4v) is 7.36. The van der Waals surface area contributed by atoms with E-state index in [-0.39, 0.29) is 30.2 Å². The number of benzene rings is 2. The minimum Gasteiger partial charge on any atom is -0.507 e. The van der Waals surface area contributed by atoms with Crippen LogP contribution in [0.15, 0.2) is 36.4 Å². The van der Waals surface area contributed by atoms with Crippen molar-refractivity contribution in [1.29, 1.82) is 0 Å². The third kappa shape index (κ3) is 9.05. The van der Waals surface area contributed by atoms with Crippen LogP contribution in [0.1, 0.15) is 74.6 Å². The SMILES string of the molecule is CCC(C)(O)CCN(C)C1CCN(C(=O)[C@@H](Cc2cc(C)c(O)c(C)c2)OC(=O)N2CCC(N3CCc4ccccc4NC3=O)CC2)CC1. The number of anilines is 1. The monoisotopic (exact) mass is 677 g/mol. The van der Waals surface area contributed by atoms with Crippen molar-refractivity contribution < 1.29 is 29.3 Å². The zero-order valence-corrected chi connectivity index (χ0v) is 29.9. The highest BCUT2D eigenvalue weighted by molar-refractivity contribution is 5.91. The Balaban J connectivity index is 1.20. The van der Waals surface area contributed by atoms with Crippen molar-refractivity contribution in [3.8, 4) is 5.75 Å². The van der Waals surface area contributed by atoms with Crippen molar-refractivity contribution in [2.24, 2.45) is 0 Å². The summed E-state index contributed by atoms with van der Waals surface area (Å²) < 4.78 is 6.05. The topological polar surface area (TPSA) is 126 Å². The summed E-state index contributed by atoms with van der Waals surface area (Å²) in [6, 6.07) is 11.8. The molecule has 11 heteroatoms. The van der Waals surface area contributed by atoms with Crippen LogP contribution in [-0.4, -0.2) is 118 Å². The third-order valence-electron chi connectivity index (χ3n) is 11.0. The molecule has 49 heavy (non-hydrogen) atoms. The van der Waals surface area contributed by atoms with E-state index < -0.39 is 17.8 Å². The highest BCUT2D eigenvalue weighted by Crippen LogP contribution is 2.27. The molecule has 2 aromatic carbocycles. The first-order valence-electron chi connectivity index (χ1n) is 18.0. The number of likely N-dealkylation sites (tertiary alicyclic amines) is 2. The Morgan fingerprint density at radius 2 is 1.65 bits per heavy atom. The van der Waals surface area contributed by atoms with Gasteiger partial charge in [-0.05, 0) is 101 Å². The summed E-state index contributed by atoms with van der Waals surface area (Å²) in [5, 5.41) is 23.8. The molecule has 0 bridgehead atoms. The molecule has 2 fully saturated rings. The van der Waals surface area contributed by atoms with Crippen molar-refractivity contribution in [2.75, 3.05) is 51.6 Å². The number of carbonyl (C=O) groups is 3. The zero-order valence-electron chi connectivity index (χ0n) is 29.9. The molecule has 3 aliphatic heterocycles. The Morgan fingerprint density at radius 1 is 1.02 bits per heavy atom. The van der Waals surface area contributed by atoms with Crippen LogP contribution in [0.5, 0.6) is 5.75 Å². The lowest BCUT2D eigenvalue weighted by atomic mass is 9.97. The summed E-state index contributed by atoms with van der Waals surface area (Å²) in [4.78, 5) is 48.4. The minimum atomic E-state index is -1.00. The quantitative estimate of drug-likeness (QED) is 0.320. The Bertz CT molecular complexity index is 1460. The standard InChI is InChI=1S/C38H55N5O6/c1-6-38(4,48)16-22-40(5)30-12-17-41(18-13-30)35(45)33(25-28-23-26(2)34(44)27(3)24-28)49-37(47)42-19-14-31(15-20-42)43-21-11-29-9-7-8-10-32(29)39-36(43)46/h7-10,23-24,30-31,33,44,48H,6,11-22,25H2,1-5H3,(H,39,46)/t33-,38?/m1/s1. The number of rotatable bonds is 10. The van der Waals surface area contributed by atoms with Gasteiger partial charge in [0.1, 0.15) is 5.75 Å². The first-order chi connectivity index (χ1) is 23.3. The Hall–Kier alpha value is -3.83. The van der Waals surface area contributed by atoms with Gasteiger partial charge in [0.25, 0.3) is 5.91 Å². The first kappa shape index (κ1) is 36.5. The summed E-state index contributed by atoms with van der Waals surface area (Å²) in [7, 11) is 2.08. The number of aryl methyl sites for hydroxylation is 2. The molecule has 2 saturated heterocycles. The summed E-state index contributed by atoms with van der Waals surface area (Å²) in [5.74, 6) is 0.0162. The molecule has 0 aromatic heterocycles. The molecule has 2 atom stereocenters. The van der Waals surface area contributed by atoms with Crippen LogP contribution < -0.4 is 5.32 Å². The van der Waals surface area contributed by atoms with Crippen molar-refractivity contribution >= 4 is 23.7 Å². The number of aliphatic hydroxyl groups is 1. The molecule has 0 aliphatic carbocycles. The molecule has 0 spiro atoms.